The first-order chi connectivity index (χ1) is 8.22. The smallest absolute Gasteiger partial charge is 0.161 e. The Kier molecular flexibility index (Phi) is 3.24. The van der Waals surface area contributed by atoms with E-state index in [1.807, 2.05) is 0 Å². The minimum absolute atomic E-state index is 0.0408. The van der Waals surface area contributed by atoms with Gasteiger partial charge in [0.25, 0.3) is 0 Å². The normalized spacial score (nSPS) is 14.5. The second-order valence-electron chi connectivity index (χ2n) is 4.11. The minimum atomic E-state index is 0.0408. The van der Waals surface area contributed by atoms with Gasteiger partial charge < -0.3 is 4.90 Å². The number of hydrogen-bond acceptors (Lipinski definition) is 3. The van der Waals surface area contributed by atoms with Crippen LogP contribution >= 0.6 is 0 Å². The molecule has 2 rings (SSSR count). The first-order valence-electron chi connectivity index (χ1n) is 5.67. The second-order valence-corrected chi connectivity index (χ2v) is 4.11. The number of ketones is 1. The van der Waals surface area contributed by atoms with Crippen LogP contribution in [0, 0.1) is 11.3 Å². The van der Waals surface area contributed by atoms with Gasteiger partial charge in [-0.15, -0.1) is 0 Å². The van der Waals surface area contributed by atoms with Gasteiger partial charge in [0.05, 0.1) is 11.6 Å². The van der Waals surface area contributed by atoms with Crippen LogP contribution in [0.2, 0.25) is 0 Å². The van der Waals surface area contributed by atoms with Crippen molar-refractivity contribution < 1.29 is 4.79 Å². The zero-order valence-corrected chi connectivity index (χ0v) is 9.81. The summed E-state index contributed by atoms with van der Waals surface area (Å²) in [5, 5.41) is 8.92. The van der Waals surface area contributed by atoms with E-state index in [0.29, 0.717) is 11.1 Å². The highest BCUT2D eigenvalue weighted by Gasteiger charge is 2.15. The maximum absolute atomic E-state index is 11.6. The van der Waals surface area contributed by atoms with Crippen LogP contribution < -0.4 is 4.90 Å². The molecular weight excluding hydrogens is 212 g/mol. The van der Waals surface area contributed by atoms with Crippen molar-refractivity contribution >= 4 is 11.5 Å². The Hall–Kier alpha value is -2.08. The molecule has 0 spiro atoms. The van der Waals surface area contributed by atoms with Gasteiger partial charge >= 0.3 is 0 Å². The summed E-state index contributed by atoms with van der Waals surface area (Å²) < 4.78 is 0. The fraction of sp³-hybridized carbons (Fsp3) is 0.286. The maximum Gasteiger partial charge on any atom is 0.161 e. The van der Waals surface area contributed by atoms with Crippen LogP contribution in [0.15, 0.2) is 30.4 Å². The topological polar surface area (TPSA) is 44.1 Å². The van der Waals surface area contributed by atoms with Gasteiger partial charge in [0, 0.05) is 24.3 Å². The molecule has 3 heteroatoms. The number of benzene rings is 1. The van der Waals surface area contributed by atoms with E-state index < -0.39 is 0 Å². The van der Waals surface area contributed by atoms with Crippen LogP contribution in [0.3, 0.4) is 0 Å². The number of anilines is 1. The Morgan fingerprint density at radius 1 is 1.41 bits per heavy atom. The van der Waals surface area contributed by atoms with Crippen molar-refractivity contribution in [2.75, 3.05) is 18.0 Å². The van der Waals surface area contributed by atoms with Crippen molar-refractivity contribution in [3.8, 4) is 6.07 Å². The molecule has 1 aromatic carbocycles. The molecule has 0 bridgehead atoms. The highest BCUT2D eigenvalue weighted by Crippen LogP contribution is 2.24. The van der Waals surface area contributed by atoms with Crippen molar-refractivity contribution in [2.45, 2.75) is 13.3 Å². The van der Waals surface area contributed by atoms with Gasteiger partial charge in [0.1, 0.15) is 0 Å². The van der Waals surface area contributed by atoms with E-state index in [2.05, 4.69) is 23.1 Å². The highest BCUT2D eigenvalue weighted by molar-refractivity contribution is 6.00. The Balaban J connectivity index is 2.45. The maximum atomic E-state index is 11.6. The Morgan fingerprint density at radius 3 is 2.82 bits per heavy atom. The summed E-state index contributed by atoms with van der Waals surface area (Å²) in [6.45, 7) is 3.26. The van der Waals surface area contributed by atoms with Gasteiger partial charge in [0.2, 0.25) is 0 Å². The molecule has 1 aliphatic rings. The van der Waals surface area contributed by atoms with Crippen molar-refractivity contribution in [3.63, 3.8) is 0 Å². The molecule has 0 amide bonds. The Bertz CT molecular complexity index is 511. The summed E-state index contributed by atoms with van der Waals surface area (Å²) >= 11 is 0. The molecule has 0 aromatic heterocycles. The van der Waals surface area contributed by atoms with Crippen LogP contribution in [0.5, 0.6) is 0 Å². The van der Waals surface area contributed by atoms with Crippen LogP contribution in [-0.4, -0.2) is 18.9 Å². The fourth-order valence-corrected chi connectivity index (χ4v) is 2.02. The highest BCUT2D eigenvalue weighted by atomic mass is 16.1. The quantitative estimate of drug-likeness (QED) is 0.575. The average Bonchev–Trinajstić information content (AvgIpc) is 2.39. The monoisotopic (exact) mass is 226 g/mol. The summed E-state index contributed by atoms with van der Waals surface area (Å²) in [5.74, 6) is 0.0408. The van der Waals surface area contributed by atoms with Gasteiger partial charge in [-0.3, -0.25) is 4.79 Å². The minimum Gasteiger partial charge on any atom is -0.367 e. The van der Waals surface area contributed by atoms with Crippen molar-refractivity contribution in [1.29, 1.82) is 5.26 Å². The van der Waals surface area contributed by atoms with Crippen molar-refractivity contribution in [3.05, 3.63) is 41.5 Å². The molecule has 0 fully saturated rings. The van der Waals surface area contributed by atoms with Gasteiger partial charge in [-0.05, 0) is 31.5 Å². The zero-order chi connectivity index (χ0) is 12.3. The molecule has 0 aliphatic carbocycles. The predicted octanol–water partition coefficient (Wildman–Crippen LogP) is 2.53. The van der Waals surface area contributed by atoms with Crippen LogP contribution in [0.25, 0.3) is 0 Å². The van der Waals surface area contributed by atoms with Gasteiger partial charge in [-0.1, -0.05) is 12.2 Å². The molecule has 17 heavy (non-hydrogen) atoms. The number of carbonyl (C=O) groups excluding carboxylic acids is 1. The van der Waals surface area contributed by atoms with E-state index in [4.69, 9.17) is 5.26 Å². The number of Topliss-reactive ketones (excluding diaryl/α,β-unsaturated/α-hetero) is 1. The fourth-order valence-electron chi connectivity index (χ4n) is 2.02. The lowest BCUT2D eigenvalue weighted by atomic mass is 10.0. The summed E-state index contributed by atoms with van der Waals surface area (Å²) in [7, 11) is 0. The van der Waals surface area contributed by atoms with E-state index in [1.165, 1.54) is 0 Å². The first-order valence-corrected chi connectivity index (χ1v) is 5.67. The lowest BCUT2D eigenvalue weighted by Crippen LogP contribution is -2.28. The third-order valence-corrected chi connectivity index (χ3v) is 2.90. The lowest BCUT2D eigenvalue weighted by molar-refractivity contribution is 0.101. The zero-order valence-electron chi connectivity index (χ0n) is 9.81. The average molecular weight is 226 g/mol. The predicted molar refractivity (Wildman–Crippen MR) is 67.1 cm³/mol. The van der Waals surface area contributed by atoms with Crippen LogP contribution in [0.1, 0.15) is 29.3 Å². The molecule has 0 radical (unpaired) electrons. The van der Waals surface area contributed by atoms with Gasteiger partial charge in [0.15, 0.2) is 5.78 Å². The lowest BCUT2D eigenvalue weighted by Gasteiger charge is -2.27. The molecule has 1 aliphatic heterocycles. The number of hydrogen-bond donors (Lipinski definition) is 0. The third kappa shape index (κ3) is 2.36. The summed E-state index contributed by atoms with van der Waals surface area (Å²) in [6.07, 6.45) is 5.21. The van der Waals surface area contributed by atoms with Gasteiger partial charge in [-0.25, -0.2) is 0 Å². The SMILES string of the molecule is CC(=O)c1ccc(C#N)cc1N1CC=CCC1. The third-order valence-electron chi connectivity index (χ3n) is 2.90. The molecule has 0 saturated heterocycles. The number of nitrogens with zero attached hydrogens (tertiary/aromatic N) is 2. The largest absolute Gasteiger partial charge is 0.367 e. The van der Waals surface area contributed by atoms with E-state index in [0.717, 1.165) is 25.2 Å². The number of nitriles is 1. The van der Waals surface area contributed by atoms with Crippen molar-refractivity contribution in [1.82, 2.24) is 0 Å². The van der Waals surface area contributed by atoms with Crippen molar-refractivity contribution in [2.24, 2.45) is 0 Å². The molecule has 1 aromatic rings. The van der Waals surface area contributed by atoms with E-state index >= 15 is 0 Å². The Labute approximate surface area is 101 Å². The molecule has 1 heterocycles. The summed E-state index contributed by atoms with van der Waals surface area (Å²) in [6, 6.07) is 7.36. The molecule has 0 N–H and O–H groups in total. The van der Waals surface area contributed by atoms with Crippen LogP contribution in [0.4, 0.5) is 5.69 Å². The molecule has 0 saturated carbocycles. The van der Waals surface area contributed by atoms with E-state index in [9.17, 15) is 4.79 Å². The summed E-state index contributed by atoms with van der Waals surface area (Å²) in [5.41, 5.74) is 2.17. The van der Waals surface area contributed by atoms with E-state index in [1.54, 1.807) is 25.1 Å². The van der Waals surface area contributed by atoms with Crippen LogP contribution in [-0.2, 0) is 0 Å². The van der Waals surface area contributed by atoms with E-state index in [-0.39, 0.29) is 5.78 Å². The molecule has 0 unspecified atom stereocenters. The van der Waals surface area contributed by atoms with Gasteiger partial charge in [-0.2, -0.15) is 5.26 Å². The summed E-state index contributed by atoms with van der Waals surface area (Å²) in [4.78, 5) is 13.7. The standard InChI is InChI=1S/C14H14N2O/c1-11(17)13-6-5-12(10-15)9-14(13)16-7-3-2-4-8-16/h2-3,5-6,9H,4,7-8H2,1H3. The first kappa shape index (κ1) is 11.4. The molecule has 0 atom stereocenters. The molecular formula is C14H14N2O. The number of rotatable bonds is 2. The Morgan fingerprint density at radius 2 is 2.24 bits per heavy atom. The number of carbonyl (C=O) groups is 1. The second kappa shape index (κ2) is 4.84. The molecule has 3 nitrogen and oxygen atoms in total. The molecule has 86 valence electrons.